The van der Waals surface area contributed by atoms with Crippen LogP contribution < -0.4 is 0 Å². The van der Waals surface area contributed by atoms with Crippen LogP contribution in [0.3, 0.4) is 0 Å². The molecule has 0 fully saturated rings. The predicted molar refractivity (Wildman–Crippen MR) is 102 cm³/mol. The maximum absolute atomic E-state index is 8.57. The largest absolute Gasteiger partial charge is 0.328 e. The van der Waals surface area contributed by atoms with Crippen molar-refractivity contribution < 1.29 is 4.48 Å². The average molecular weight is 324 g/mol. The summed E-state index contributed by atoms with van der Waals surface area (Å²) in [5.74, 6) is 0. The van der Waals surface area contributed by atoms with E-state index in [1.54, 1.807) is 0 Å². The zero-order chi connectivity index (χ0) is 17.2. The van der Waals surface area contributed by atoms with Gasteiger partial charge in [0.25, 0.3) is 0 Å². The molecule has 0 radical (unpaired) electrons. The highest BCUT2D eigenvalue weighted by Crippen LogP contribution is 2.13. The molecule has 0 rings (SSSR count). The topological polar surface area (TPSA) is 23.8 Å². The van der Waals surface area contributed by atoms with Crippen LogP contribution in [-0.4, -0.2) is 31.7 Å². The number of hydrogen-bond donors (Lipinski definition) is 0. The number of unbranched alkanes of at least 4 members (excludes halogenated alkanes) is 13. The van der Waals surface area contributed by atoms with Gasteiger partial charge in [0.15, 0.2) is 0 Å². The first-order valence-electron chi connectivity index (χ1n) is 10.3. The van der Waals surface area contributed by atoms with Crippen molar-refractivity contribution in [2.45, 2.75) is 103 Å². The maximum atomic E-state index is 8.57. The van der Waals surface area contributed by atoms with Crippen LogP contribution >= 0.6 is 0 Å². The summed E-state index contributed by atoms with van der Waals surface area (Å²) in [5.41, 5.74) is 0. The van der Waals surface area contributed by atoms with Gasteiger partial charge in [0.05, 0.1) is 33.3 Å². The molecule has 2 nitrogen and oxygen atoms in total. The molecule has 0 aromatic rings. The first-order chi connectivity index (χ1) is 11.1. The van der Waals surface area contributed by atoms with Gasteiger partial charge in [0.1, 0.15) is 0 Å². The van der Waals surface area contributed by atoms with Gasteiger partial charge in [-0.15, -0.1) is 0 Å². The molecule has 0 unspecified atom stereocenters. The van der Waals surface area contributed by atoms with Crippen LogP contribution in [0, 0.1) is 11.3 Å². The standard InChI is InChI=1S/C21H43N2/c1-4-5-6-7-8-9-10-11-12-13-14-17-20-23(2,3)21-18-15-16-19-22/h4-18,20-21H2,1-3H3/q+1. The normalized spacial score (nSPS) is 11.6. The van der Waals surface area contributed by atoms with Crippen molar-refractivity contribution in [3.8, 4) is 6.07 Å². The molecule has 0 amide bonds. The van der Waals surface area contributed by atoms with Gasteiger partial charge in [-0.2, -0.15) is 5.26 Å². The molecule has 0 saturated carbocycles. The van der Waals surface area contributed by atoms with Gasteiger partial charge in [-0.3, -0.25) is 0 Å². The van der Waals surface area contributed by atoms with Gasteiger partial charge < -0.3 is 4.48 Å². The second kappa shape index (κ2) is 16.3. The summed E-state index contributed by atoms with van der Waals surface area (Å²) in [7, 11) is 4.68. The zero-order valence-corrected chi connectivity index (χ0v) is 16.4. The fourth-order valence-corrected chi connectivity index (χ4v) is 3.24. The lowest BCUT2D eigenvalue weighted by Crippen LogP contribution is -2.41. The Labute approximate surface area is 146 Å². The second-order valence-electron chi connectivity index (χ2n) is 7.89. The Bertz CT molecular complexity index is 278. The molecule has 0 N–H and O–H groups in total. The van der Waals surface area contributed by atoms with E-state index in [0.29, 0.717) is 0 Å². The SMILES string of the molecule is CCCCCCCCCCCCCC[N+](C)(C)CCCCC#N. The minimum absolute atomic E-state index is 0.721. The Morgan fingerprint density at radius 3 is 1.43 bits per heavy atom. The fourth-order valence-electron chi connectivity index (χ4n) is 3.24. The van der Waals surface area contributed by atoms with Crippen LogP contribution in [0.4, 0.5) is 0 Å². The number of nitrogens with zero attached hydrogens (tertiary/aromatic N) is 2. The molecule has 2 heteroatoms. The van der Waals surface area contributed by atoms with E-state index < -0.39 is 0 Å². The van der Waals surface area contributed by atoms with Crippen molar-refractivity contribution in [3.05, 3.63) is 0 Å². The summed E-state index contributed by atoms with van der Waals surface area (Å²) in [6.45, 7) is 4.80. The molecule has 0 aliphatic heterocycles. The van der Waals surface area contributed by atoms with Crippen molar-refractivity contribution in [1.82, 2.24) is 0 Å². The summed E-state index contributed by atoms with van der Waals surface area (Å²) < 4.78 is 1.13. The van der Waals surface area contributed by atoms with E-state index in [1.165, 1.54) is 96.6 Å². The molecule has 0 aliphatic carbocycles. The van der Waals surface area contributed by atoms with E-state index in [9.17, 15) is 0 Å². The van der Waals surface area contributed by atoms with Crippen molar-refractivity contribution in [2.75, 3.05) is 27.2 Å². The first-order valence-corrected chi connectivity index (χ1v) is 10.3. The van der Waals surface area contributed by atoms with Crippen molar-refractivity contribution in [1.29, 1.82) is 5.26 Å². The summed E-state index contributed by atoms with van der Waals surface area (Å²) in [5, 5.41) is 8.57. The van der Waals surface area contributed by atoms with Crippen LogP contribution in [-0.2, 0) is 0 Å². The highest BCUT2D eigenvalue weighted by Gasteiger charge is 2.13. The number of quaternary nitrogens is 1. The van der Waals surface area contributed by atoms with Crippen molar-refractivity contribution in [3.63, 3.8) is 0 Å². The molecule has 0 aromatic carbocycles. The van der Waals surface area contributed by atoms with Crippen LogP contribution in [0.1, 0.15) is 103 Å². The predicted octanol–water partition coefficient (Wildman–Crippen LogP) is 6.46. The molecule has 0 saturated heterocycles. The average Bonchev–Trinajstić information content (AvgIpc) is 2.52. The third-order valence-electron chi connectivity index (χ3n) is 4.92. The van der Waals surface area contributed by atoms with Crippen LogP contribution in [0.15, 0.2) is 0 Å². The summed E-state index contributed by atoms with van der Waals surface area (Å²) in [4.78, 5) is 0. The molecule has 0 atom stereocenters. The van der Waals surface area contributed by atoms with E-state index in [4.69, 9.17) is 5.26 Å². The Kier molecular flexibility index (Phi) is 15.9. The van der Waals surface area contributed by atoms with Gasteiger partial charge in [0.2, 0.25) is 0 Å². The summed E-state index contributed by atoms with van der Waals surface area (Å²) in [6.07, 6.45) is 20.1. The number of nitriles is 1. The zero-order valence-electron chi connectivity index (χ0n) is 16.4. The third kappa shape index (κ3) is 17.6. The summed E-state index contributed by atoms with van der Waals surface area (Å²) >= 11 is 0. The molecular formula is C21H43N2+. The lowest BCUT2D eigenvalue weighted by Gasteiger charge is -2.29. The quantitative estimate of drug-likeness (QED) is 0.223. The molecule has 0 aliphatic rings. The van der Waals surface area contributed by atoms with Gasteiger partial charge in [-0.05, 0) is 25.7 Å². The smallest absolute Gasteiger partial charge is 0.0782 e. The maximum Gasteiger partial charge on any atom is 0.0782 e. The molecule has 136 valence electrons. The highest BCUT2D eigenvalue weighted by atomic mass is 15.3. The number of hydrogen-bond acceptors (Lipinski definition) is 1. The van der Waals surface area contributed by atoms with Crippen LogP contribution in [0.25, 0.3) is 0 Å². The molecule has 23 heavy (non-hydrogen) atoms. The molecule has 0 spiro atoms. The Morgan fingerprint density at radius 1 is 0.609 bits per heavy atom. The van der Waals surface area contributed by atoms with Gasteiger partial charge in [0, 0.05) is 6.42 Å². The Balaban J connectivity index is 3.27. The van der Waals surface area contributed by atoms with E-state index in [1.807, 2.05) is 0 Å². The molecule has 0 bridgehead atoms. The second-order valence-corrected chi connectivity index (χ2v) is 7.89. The van der Waals surface area contributed by atoms with E-state index in [2.05, 4.69) is 27.1 Å². The lowest BCUT2D eigenvalue weighted by molar-refractivity contribution is -0.890. The fraction of sp³-hybridized carbons (Fsp3) is 0.952. The lowest BCUT2D eigenvalue weighted by atomic mass is 10.1. The minimum Gasteiger partial charge on any atom is -0.328 e. The molecular weight excluding hydrogens is 280 g/mol. The van der Waals surface area contributed by atoms with E-state index in [-0.39, 0.29) is 0 Å². The first kappa shape index (κ1) is 22.4. The molecule has 0 heterocycles. The van der Waals surface area contributed by atoms with Crippen LogP contribution in [0.2, 0.25) is 0 Å². The van der Waals surface area contributed by atoms with E-state index in [0.717, 1.165) is 17.3 Å². The Morgan fingerprint density at radius 2 is 1.00 bits per heavy atom. The van der Waals surface area contributed by atoms with Crippen molar-refractivity contribution in [2.24, 2.45) is 0 Å². The summed E-state index contributed by atoms with van der Waals surface area (Å²) in [6, 6.07) is 2.24. The highest BCUT2D eigenvalue weighted by molar-refractivity contribution is 4.67. The monoisotopic (exact) mass is 323 g/mol. The van der Waals surface area contributed by atoms with Crippen LogP contribution in [0.5, 0.6) is 0 Å². The van der Waals surface area contributed by atoms with E-state index >= 15 is 0 Å². The van der Waals surface area contributed by atoms with Gasteiger partial charge in [-0.25, -0.2) is 0 Å². The van der Waals surface area contributed by atoms with Gasteiger partial charge in [-0.1, -0.05) is 71.1 Å². The van der Waals surface area contributed by atoms with Crippen molar-refractivity contribution >= 4 is 0 Å². The Hall–Kier alpha value is -0.550. The molecule has 0 aromatic heterocycles. The third-order valence-corrected chi connectivity index (χ3v) is 4.92. The minimum atomic E-state index is 0.721. The van der Waals surface area contributed by atoms with Gasteiger partial charge >= 0.3 is 0 Å². The number of rotatable bonds is 17.